The highest BCUT2D eigenvalue weighted by Crippen LogP contribution is 2.33. The smallest absolute Gasteiger partial charge is 0.277 e. The van der Waals surface area contributed by atoms with E-state index in [4.69, 9.17) is 8.94 Å². The summed E-state index contributed by atoms with van der Waals surface area (Å²) in [6.45, 7) is 3.67. The number of hydrogen-bond donors (Lipinski definition) is 0. The molecular weight excluding hydrogens is 307 g/mol. The Morgan fingerprint density at radius 3 is 2.91 bits per heavy atom. The van der Waals surface area contributed by atoms with Gasteiger partial charge in [0.25, 0.3) is 5.22 Å². The molecule has 2 heterocycles. The van der Waals surface area contributed by atoms with Crippen molar-refractivity contribution in [2.45, 2.75) is 30.7 Å². The van der Waals surface area contributed by atoms with Gasteiger partial charge in [0.15, 0.2) is 5.82 Å². The second-order valence-corrected chi connectivity index (χ2v) is 6.00. The lowest BCUT2D eigenvalue weighted by Crippen LogP contribution is -1.89. The number of aromatic nitrogens is 4. The van der Waals surface area contributed by atoms with E-state index in [2.05, 4.69) is 20.3 Å². The molecule has 0 spiro atoms. The van der Waals surface area contributed by atoms with Crippen molar-refractivity contribution in [1.29, 1.82) is 0 Å². The average molecular weight is 320 g/mol. The van der Waals surface area contributed by atoms with Gasteiger partial charge in [0.1, 0.15) is 5.82 Å². The normalized spacial score (nSPS) is 12.5. The zero-order valence-electron chi connectivity index (χ0n) is 12.0. The maximum absolute atomic E-state index is 13.1. The zero-order valence-corrected chi connectivity index (χ0v) is 12.8. The van der Waals surface area contributed by atoms with E-state index in [1.54, 1.807) is 13.0 Å². The van der Waals surface area contributed by atoms with Gasteiger partial charge in [0, 0.05) is 0 Å². The third-order valence-electron chi connectivity index (χ3n) is 2.86. The molecule has 3 rings (SSSR count). The predicted octanol–water partition coefficient (Wildman–Crippen LogP) is 3.34. The highest BCUT2D eigenvalue weighted by atomic mass is 32.2. The Bertz CT molecular complexity index is 774. The summed E-state index contributed by atoms with van der Waals surface area (Å²) in [6.07, 6.45) is 0.388. The number of hydrogen-bond acceptors (Lipinski definition) is 7. The summed E-state index contributed by atoms with van der Waals surface area (Å²) in [5, 5.41) is 12.0. The molecule has 0 aliphatic heterocycles. The lowest BCUT2D eigenvalue weighted by molar-refractivity contribution is 0.374. The van der Waals surface area contributed by atoms with Crippen LogP contribution in [0.25, 0.3) is 0 Å². The fourth-order valence-corrected chi connectivity index (χ4v) is 2.59. The molecule has 1 atom stereocenters. The van der Waals surface area contributed by atoms with Crippen LogP contribution in [0.1, 0.15) is 35.3 Å². The Balaban J connectivity index is 1.66. The van der Waals surface area contributed by atoms with E-state index >= 15 is 0 Å². The van der Waals surface area contributed by atoms with Crippen molar-refractivity contribution in [2.75, 3.05) is 0 Å². The quantitative estimate of drug-likeness (QED) is 0.667. The second-order valence-electron chi connectivity index (χ2n) is 4.71. The van der Waals surface area contributed by atoms with E-state index < -0.39 is 0 Å². The van der Waals surface area contributed by atoms with Gasteiger partial charge in [0.05, 0.1) is 11.7 Å². The Kier molecular flexibility index (Phi) is 4.19. The number of benzene rings is 1. The van der Waals surface area contributed by atoms with Crippen LogP contribution < -0.4 is 0 Å². The van der Waals surface area contributed by atoms with Gasteiger partial charge in [0.2, 0.25) is 11.8 Å². The van der Waals surface area contributed by atoms with Crippen LogP contribution in [0, 0.1) is 12.7 Å². The largest absolute Gasteiger partial charge is 0.416 e. The summed E-state index contributed by atoms with van der Waals surface area (Å²) >= 11 is 1.33. The molecule has 0 aliphatic rings. The highest BCUT2D eigenvalue weighted by Gasteiger charge is 2.18. The van der Waals surface area contributed by atoms with E-state index in [9.17, 15) is 4.39 Å². The first kappa shape index (κ1) is 14.7. The molecule has 1 unspecified atom stereocenters. The van der Waals surface area contributed by atoms with E-state index in [-0.39, 0.29) is 11.1 Å². The summed E-state index contributed by atoms with van der Waals surface area (Å²) in [7, 11) is 0. The third kappa shape index (κ3) is 3.51. The van der Waals surface area contributed by atoms with Crippen molar-refractivity contribution in [3.05, 3.63) is 53.3 Å². The first-order chi connectivity index (χ1) is 10.6. The lowest BCUT2D eigenvalue weighted by Gasteiger charge is -2.00. The van der Waals surface area contributed by atoms with Gasteiger partial charge in [-0.1, -0.05) is 29.1 Å². The molecule has 0 amide bonds. The van der Waals surface area contributed by atoms with Crippen LogP contribution in [-0.4, -0.2) is 20.3 Å². The molecule has 0 saturated heterocycles. The van der Waals surface area contributed by atoms with Crippen molar-refractivity contribution < 1.29 is 13.3 Å². The van der Waals surface area contributed by atoms with Crippen LogP contribution in [-0.2, 0) is 6.42 Å². The molecule has 0 N–H and O–H groups in total. The Hall–Kier alpha value is -2.22. The Labute approximate surface area is 130 Å². The maximum Gasteiger partial charge on any atom is 0.277 e. The summed E-state index contributed by atoms with van der Waals surface area (Å²) in [5.41, 5.74) is 0.778. The van der Waals surface area contributed by atoms with Crippen LogP contribution in [0.2, 0.25) is 0 Å². The van der Waals surface area contributed by atoms with Crippen LogP contribution in [0.5, 0.6) is 0 Å². The van der Waals surface area contributed by atoms with Gasteiger partial charge in [-0.2, -0.15) is 4.98 Å². The molecule has 1 aromatic carbocycles. The fourth-order valence-electron chi connectivity index (χ4n) is 1.86. The average Bonchev–Trinajstić information content (AvgIpc) is 3.08. The van der Waals surface area contributed by atoms with Crippen molar-refractivity contribution >= 4 is 11.8 Å². The van der Waals surface area contributed by atoms with E-state index in [0.717, 1.165) is 5.56 Å². The van der Waals surface area contributed by atoms with Gasteiger partial charge in [-0.3, -0.25) is 0 Å². The maximum atomic E-state index is 13.1. The van der Waals surface area contributed by atoms with Gasteiger partial charge >= 0.3 is 0 Å². The molecule has 0 aliphatic carbocycles. The third-order valence-corrected chi connectivity index (χ3v) is 3.78. The Morgan fingerprint density at radius 1 is 1.32 bits per heavy atom. The topological polar surface area (TPSA) is 77.8 Å². The number of rotatable bonds is 5. The van der Waals surface area contributed by atoms with Crippen molar-refractivity contribution in [2.24, 2.45) is 0 Å². The summed E-state index contributed by atoms with van der Waals surface area (Å²) in [5.74, 6) is 1.24. The monoisotopic (exact) mass is 320 g/mol. The molecule has 0 bridgehead atoms. The second kappa shape index (κ2) is 6.27. The minimum absolute atomic E-state index is 0.0938. The molecule has 6 nitrogen and oxygen atoms in total. The highest BCUT2D eigenvalue weighted by molar-refractivity contribution is 7.99. The van der Waals surface area contributed by atoms with Crippen LogP contribution >= 0.6 is 11.8 Å². The molecule has 0 fully saturated rings. The standard InChI is InChI=1S/C14H13FN4O2S/c1-8(13-16-9(2)19-21-13)22-14-18-17-12(20-14)7-10-4-3-5-11(15)6-10/h3-6,8H,7H2,1-2H3. The number of halogens is 1. The van der Waals surface area contributed by atoms with Crippen molar-refractivity contribution in [1.82, 2.24) is 20.3 Å². The Morgan fingerprint density at radius 2 is 2.18 bits per heavy atom. The van der Waals surface area contributed by atoms with Gasteiger partial charge in [-0.25, -0.2) is 4.39 Å². The molecule has 114 valence electrons. The SMILES string of the molecule is Cc1noc(C(C)Sc2nnc(Cc3cccc(F)c3)o2)n1. The van der Waals surface area contributed by atoms with Crippen LogP contribution in [0.4, 0.5) is 4.39 Å². The number of aryl methyl sites for hydroxylation is 1. The molecule has 0 saturated carbocycles. The number of nitrogens with zero attached hydrogens (tertiary/aromatic N) is 4. The molecule has 2 aromatic heterocycles. The molecule has 0 radical (unpaired) electrons. The van der Waals surface area contributed by atoms with Crippen molar-refractivity contribution in [3.63, 3.8) is 0 Å². The molecule has 8 heteroatoms. The van der Waals surface area contributed by atoms with E-state index in [1.807, 2.05) is 13.0 Å². The van der Waals surface area contributed by atoms with Gasteiger partial charge < -0.3 is 8.94 Å². The minimum atomic E-state index is -0.285. The molecular formula is C14H13FN4O2S. The van der Waals surface area contributed by atoms with Crippen LogP contribution in [0.3, 0.4) is 0 Å². The predicted molar refractivity (Wildman–Crippen MR) is 76.8 cm³/mol. The first-order valence-electron chi connectivity index (χ1n) is 6.64. The molecule has 3 aromatic rings. The van der Waals surface area contributed by atoms with Gasteiger partial charge in [-0.05, 0) is 31.5 Å². The number of thioether (sulfide) groups is 1. The summed E-state index contributed by atoms with van der Waals surface area (Å²) in [6, 6.07) is 6.30. The fraction of sp³-hybridized carbons (Fsp3) is 0.286. The van der Waals surface area contributed by atoms with Crippen LogP contribution in [0.15, 0.2) is 38.4 Å². The minimum Gasteiger partial charge on any atom is -0.416 e. The van der Waals surface area contributed by atoms with E-state index in [1.165, 1.54) is 23.9 Å². The van der Waals surface area contributed by atoms with E-state index in [0.29, 0.717) is 29.2 Å². The van der Waals surface area contributed by atoms with Crippen molar-refractivity contribution in [3.8, 4) is 0 Å². The molecule has 22 heavy (non-hydrogen) atoms. The lowest BCUT2D eigenvalue weighted by atomic mass is 10.1. The summed E-state index contributed by atoms with van der Waals surface area (Å²) in [4.78, 5) is 4.16. The summed E-state index contributed by atoms with van der Waals surface area (Å²) < 4.78 is 23.8. The zero-order chi connectivity index (χ0) is 15.5. The first-order valence-corrected chi connectivity index (χ1v) is 7.52. The van der Waals surface area contributed by atoms with Gasteiger partial charge in [-0.15, -0.1) is 10.2 Å².